The van der Waals surface area contributed by atoms with Crippen LogP contribution in [-0.4, -0.2) is 12.0 Å². The Balaban J connectivity index is 1.68. The Morgan fingerprint density at radius 3 is 2.78 bits per heavy atom. The number of rotatable bonds is 2. The van der Waals surface area contributed by atoms with Crippen molar-refractivity contribution in [2.75, 3.05) is 5.32 Å². The maximum Gasteiger partial charge on any atom is 0.193 e. The summed E-state index contributed by atoms with van der Waals surface area (Å²) < 4.78 is 0. The minimum atomic E-state index is 0.459. The standard InChI is InChI=1S/C15H21N3/c1-10-4-2-3-5-13(10)17-15(16)18-14-9-11-6-7-12(14)8-11/h2-5,11-12,14H,6-9H2,1H3,(H3,16,17,18)/t11-,12+,14-/m1/s1. The number of nitrogens with two attached hydrogens (primary N) is 1. The zero-order valence-corrected chi connectivity index (χ0v) is 10.9. The molecule has 2 aliphatic rings. The van der Waals surface area contributed by atoms with Gasteiger partial charge in [0.05, 0.1) is 6.04 Å². The molecule has 2 bridgehead atoms. The molecule has 0 amide bonds. The lowest BCUT2D eigenvalue weighted by Gasteiger charge is -2.18. The van der Waals surface area contributed by atoms with Crippen molar-refractivity contribution in [1.29, 1.82) is 0 Å². The highest BCUT2D eigenvalue weighted by molar-refractivity contribution is 5.93. The smallest absolute Gasteiger partial charge is 0.193 e. The first kappa shape index (κ1) is 11.6. The van der Waals surface area contributed by atoms with Gasteiger partial charge in [-0.1, -0.05) is 24.6 Å². The molecule has 3 N–H and O–H groups in total. The number of nitrogens with zero attached hydrogens (tertiary/aromatic N) is 1. The van der Waals surface area contributed by atoms with Gasteiger partial charge >= 0.3 is 0 Å². The van der Waals surface area contributed by atoms with Crippen LogP contribution in [0.2, 0.25) is 0 Å². The summed E-state index contributed by atoms with van der Waals surface area (Å²) in [6.45, 7) is 2.08. The zero-order valence-electron chi connectivity index (χ0n) is 10.9. The van der Waals surface area contributed by atoms with E-state index < -0.39 is 0 Å². The molecule has 0 radical (unpaired) electrons. The molecular formula is C15H21N3. The number of guanidine groups is 1. The molecule has 0 spiro atoms. The van der Waals surface area contributed by atoms with Gasteiger partial charge in [-0.05, 0) is 49.7 Å². The van der Waals surface area contributed by atoms with Crippen LogP contribution in [0.15, 0.2) is 29.3 Å². The van der Waals surface area contributed by atoms with Gasteiger partial charge in [-0.25, -0.2) is 4.99 Å². The van der Waals surface area contributed by atoms with Crippen LogP contribution < -0.4 is 11.1 Å². The highest BCUT2D eigenvalue weighted by atomic mass is 15.1. The van der Waals surface area contributed by atoms with Gasteiger partial charge in [-0.2, -0.15) is 0 Å². The molecule has 0 saturated heterocycles. The SMILES string of the molecule is Cc1ccccc1NC(N)=N[C@@H]1C[C@@H]2CC[C@H]1C2. The zero-order chi connectivity index (χ0) is 12.5. The van der Waals surface area contributed by atoms with Crippen LogP contribution in [0.25, 0.3) is 0 Å². The van der Waals surface area contributed by atoms with Crippen molar-refractivity contribution in [2.24, 2.45) is 22.6 Å². The molecule has 3 heteroatoms. The number of nitrogens with one attached hydrogen (secondary N) is 1. The maximum absolute atomic E-state index is 6.03. The molecule has 96 valence electrons. The predicted octanol–water partition coefficient (Wildman–Crippen LogP) is 2.91. The Kier molecular flexibility index (Phi) is 2.98. The van der Waals surface area contributed by atoms with Crippen molar-refractivity contribution in [3.63, 3.8) is 0 Å². The fraction of sp³-hybridized carbons (Fsp3) is 0.533. The monoisotopic (exact) mass is 243 g/mol. The van der Waals surface area contributed by atoms with Gasteiger partial charge in [-0.15, -0.1) is 0 Å². The van der Waals surface area contributed by atoms with Crippen LogP contribution >= 0.6 is 0 Å². The maximum atomic E-state index is 6.03. The van der Waals surface area contributed by atoms with Crippen molar-refractivity contribution in [3.05, 3.63) is 29.8 Å². The Morgan fingerprint density at radius 2 is 2.11 bits per heavy atom. The molecular weight excluding hydrogens is 222 g/mol. The summed E-state index contributed by atoms with van der Waals surface area (Å²) in [4.78, 5) is 4.68. The first-order chi connectivity index (χ1) is 8.72. The van der Waals surface area contributed by atoms with E-state index in [-0.39, 0.29) is 0 Å². The lowest BCUT2D eigenvalue weighted by molar-refractivity contribution is 0.420. The molecule has 0 aliphatic heterocycles. The Hall–Kier alpha value is -1.51. The second-order valence-electron chi connectivity index (χ2n) is 5.70. The van der Waals surface area contributed by atoms with Crippen molar-refractivity contribution in [1.82, 2.24) is 0 Å². The quantitative estimate of drug-likeness (QED) is 0.620. The molecule has 2 fully saturated rings. The molecule has 0 unspecified atom stereocenters. The van der Waals surface area contributed by atoms with Crippen LogP contribution in [0.3, 0.4) is 0 Å². The van der Waals surface area contributed by atoms with Crippen LogP contribution in [-0.2, 0) is 0 Å². The van der Waals surface area contributed by atoms with E-state index in [1.807, 2.05) is 18.2 Å². The molecule has 2 aliphatic carbocycles. The van der Waals surface area contributed by atoms with E-state index in [0.717, 1.165) is 17.5 Å². The summed E-state index contributed by atoms with van der Waals surface area (Å²) in [6.07, 6.45) is 5.35. The lowest BCUT2D eigenvalue weighted by Crippen LogP contribution is -2.27. The second kappa shape index (κ2) is 4.63. The third-order valence-corrected chi connectivity index (χ3v) is 4.41. The fourth-order valence-corrected chi connectivity index (χ4v) is 3.43. The van der Waals surface area contributed by atoms with Crippen LogP contribution in [0.5, 0.6) is 0 Å². The van der Waals surface area contributed by atoms with E-state index in [9.17, 15) is 0 Å². The first-order valence-corrected chi connectivity index (χ1v) is 6.88. The summed E-state index contributed by atoms with van der Waals surface area (Å²) >= 11 is 0. The van der Waals surface area contributed by atoms with Gasteiger partial charge in [0.25, 0.3) is 0 Å². The molecule has 3 atom stereocenters. The van der Waals surface area contributed by atoms with Crippen molar-refractivity contribution in [2.45, 2.75) is 38.6 Å². The minimum Gasteiger partial charge on any atom is -0.370 e. The highest BCUT2D eigenvalue weighted by Gasteiger charge is 2.39. The number of benzene rings is 1. The van der Waals surface area contributed by atoms with E-state index in [2.05, 4.69) is 23.3 Å². The second-order valence-corrected chi connectivity index (χ2v) is 5.70. The third-order valence-electron chi connectivity index (χ3n) is 4.41. The molecule has 0 aromatic heterocycles. The first-order valence-electron chi connectivity index (χ1n) is 6.88. The lowest BCUT2D eigenvalue weighted by atomic mass is 9.96. The highest BCUT2D eigenvalue weighted by Crippen LogP contribution is 2.45. The van der Waals surface area contributed by atoms with E-state index in [4.69, 9.17) is 5.73 Å². The summed E-state index contributed by atoms with van der Waals surface area (Å²) in [7, 11) is 0. The number of hydrogen-bond acceptors (Lipinski definition) is 1. The van der Waals surface area contributed by atoms with Crippen molar-refractivity contribution < 1.29 is 0 Å². The largest absolute Gasteiger partial charge is 0.370 e. The summed E-state index contributed by atoms with van der Waals surface area (Å²) in [5.41, 5.74) is 8.28. The number of anilines is 1. The fourth-order valence-electron chi connectivity index (χ4n) is 3.43. The van der Waals surface area contributed by atoms with Gasteiger partial charge in [0.15, 0.2) is 5.96 Å². The van der Waals surface area contributed by atoms with Gasteiger partial charge in [0.1, 0.15) is 0 Å². The van der Waals surface area contributed by atoms with Gasteiger partial charge in [0, 0.05) is 5.69 Å². The average molecular weight is 243 g/mol. The topological polar surface area (TPSA) is 50.4 Å². The molecule has 3 rings (SSSR count). The summed E-state index contributed by atoms with van der Waals surface area (Å²) in [6, 6.07) is 8.62. The number of aliphatic imine (C=N–C) groups is 1. The van der Waals surface area contributed by atoms with Crippen molar-refractivity contribution >= 4 is 11.6 Å². The van der Waals surface area contributed by atoms with E-state index in [1.165, 1.54) is 31.2 Å². The average Bonchev–Trinajstić information content (AvgIpc) is 2.94. The Morgan fingerprint density at radius 1 is 1.28 bits per heavy atom. The molecule has 18 heavy (non-hydrogen) atoms. The van der Waals surface area contributed by atoms with Gasteiger partial charge in [0.2, 0.25) is 0 Å². The third kappa shape index (κ3) is 2.22. The number of fused-ring (bicyclic) bond motifs is 2. The van der Waals surface area contributed by atoms with E-state index in [1.54, 1.807) is 0 Å². The number of aryl methyl sites for hydroxylation is 1. The van der Waals surface area contributed by atoms with Crippen LogP contribution in [0, 0.1) is 18.8 Å². The van der Waals surface area contributed by atoms with Gasteiger partial charge < -0.3 is 11.1 Å². The van der Waals surface area contributed by atoms with Crippen molar-refractivity contribution in [3.8, 4) is 0 Å². The molecule has 1 aromatic rings. The molecule has 2 saturated carbocycles. The Labute approximate surface area is 108 Å². The van der Waals surface area contributed by atoms with Crippen LogP contribution in [0.4, 0.5) is 5.69 Å². The van der Waals surface area contributed by atoms with E-state index >= 15 is 0 Å². The molecule has 3 nitrogen and oxygen atoms in total. The summed E-state index contributed by atoms with van der Waals surface area (Å²) in [5.74, 6) is 2.27. The minimum absolute atomic E-state index is 0.459. The number of hydrogen-bond donors (Lipinski definition) is 2. The molecule has 0 heterocycles. The molecule has 1 aromatic carbocycles. The van der Waals surface area contributed by atoms with E-state index in [0.29, 0.717) is 12.0 Å². The number of para-hydroxylation sites is 1. The summed E-state index contributed by atoms with van der Waals surface area (Å²) in [5, 5.41) is 3.22. The predicted molar refractivity (Wildman–Crippen MR) is 75.7 cm³/mol. The van der Waals surface area contributed by atoms with Crippen LogP contribution in [0.1, 0.15) is 31.2 Å². The van der Waals surface area contributed by atoms with Gasteiger partial charge in [-0.3, -0.25) is 0 Å². The normalized spacial score (nSPS) is 30.7. The Bertz CT molecular complexity index is 467.